The Morgan fingerprint density at radius 3 is 3.00 bits per heavy atom. The molecule has 4 heteroatoms. The summed E-state index contributed by atoms with van der Waals surface area (Å²) in [7, 11) is 0. The number of anilines is 1. The quantitative estimate of drug-likeness (QED) is 0.932. The topological polar surface area (TPSA) is 32.3 Å². The van der Waals surface area contributed by atoms with E-state index in [2.05, 4.69) is 30.4 Å². The van der Waals surface area contributed by atoms with E-state index in [0.29, 0.717) is 11.0 Å². The molecule has 0 bridgehead atoms. The van der Waals surface area contributed by atoms with Gasteiger partial charge in [0.1, 0.15) is 0 Å². The molecule has 3 nitrogen and oxygen atoms in total. The first-order valence-electron chi connectivity index (χ1n) is 7.97. The summed E-state index contributed by atoms with van der Waals surface area (Å²) in [4.78, 5) is 14.7. The third-order valence-corrected chi connectivity index (χ3v) is 5.81. The van der Waals surface area contributed by atoms with Gasteiger partial charge in [0.15, 0.2) is 0 Å². The van der Waals surface area contributed by atoms with Gasteiger partial charge in [-0.25, -0.2) is 0 Å². The standard InChI is InChI=1S/C17H24N2OS/c1-13-4-2-5-14-6-3-11-19(17(13)14)16(20)12-21-15-7-9-18-10-8-15/h2,4-5,15,18H,3,6-12H2,1H3. The van der Waals surface area contributed by atoms with Gasteiger partial charge in [-0.3, -0.25) is 4.79 Å². The highest BCUT2D eigenvalue weighted by atomic mass is 32.2. The first kappa shape index (κ1) is 14.9. The number of carbonyl (C=O) groups excluding carboxylic acids is 1. The van der Waals surface area contributed by atoms with Crippen LogP contribution in [-0.4, -0.2) is 36.5 Å². The van der Waals surface area contributed by atoms with Crippen molar-refractivity contribution in [3.8, 4) is 0 Å². The largest absolute Gasteiger partial charge is 0.317 e. The summed E-state index contributed by atoms with van der Waals surface area (Å²) < 4.78 is 0. The van der Waals surface area contributed by atoms with Crippen molar-refractivity contribution in [2.45, 2.75) is 37.9 Å². The molecule has 0 unspecified atom stereocenters. The lowest BCUT2D eigenvalue weighted by molar-refractivity contribution is -0.116. The SMILES string of the molecule is Cc1cccc2c1N(C(=O)CSC1CCNCC1)CCC2. The second kappa shape index (κ2) is 6.84. The number of nitrogens with one attached hydrogen (secondary N) is 1. The molecule has 21 heavy (non-hydrogen) atoms. The molecule has 3 rings (SSSR count). The molecule has 1 amide bonds. The number of carbonyl (C=O) groups is 1. The van der Waals surface area contributed by atoms with Crippen molar-refractivity contribution in [3.05, 3.63) is 29.3 Å². The Morgan fingerprint density at radius 1 is 1.38 bits per heavy atom. The molecular formula is C17H24N2OS. The van der Waals surface area contributed by atoms with Crippen molar-refractivity contribution in [1.29, 1.82) is 0 Å². The normalized spacial score (nSPS) is 19.4. The van der Waals surface area contributed by atoms with Crippen LogP contribution >= 0.6 is 11.8 Å². The molecule has 1 saturated heterocycles. The number of amides is 1. The minimum Gasteiger partial charge on any atom is -0.317 e. The monoisotopic (exact) mass is 304 g/mol. The smallest absolute Gasteiger partial charge is 0.237 e. The first-order valence-corrected chi connectivity index (χ1v) is 9.02. The Kier molecular flexibility index (Phi) is 4.86. The predicted octanol–water partition coefficient (Wildman–Crippen LogP) is 2.76. The van der Waals surface area contributed by atoms with E-state index in [1.807, 2.05) is 16.7 Å². The Balaban J connectivity index is 1.66. The molecule has 0 radical (unpaired) electrons. The van der Waals surface area contributed by atoms with Gasteiger partial charge in [0, 0.05) is 17.5 Å². The van der Waals surface area contributed by atoms with Crippen LogP contribution in [0.1, 0.15) is 30.4 Å². The summed E-state index contributed by atoms with van der Waals surface area (Å²) >= 11 is 1.85. The zero-order chi connectivity index (χ0) is 14.7. The summed E-state index contributed by atoms with van der Waals surface area (Å²) in [6.45, 7) is 5.18. The fourth-order valence-electron chi connectivity index (χ4n) is 3.33. The van der Waals surface area contributed by atoms with Crippen LogP contribution in [0, 0.1) is 6.92 Å². The molecule has 1 aromatic carbocycles. The number of thioether (sulfide) groups is 1. The fourth-order valence-corrected chi connectivity index (χ4v) is 4.43. The second-order valence-electron chi connectivity index (χ2n) is 5.99. The van der Waals surface area contributed by atoms with Crippen LogP contribution < -0.4 is 10.2 Å². The average Bonchev–Trinajstić information content (AvgIpc) is 2.53. The highest BCUT2D eigenvalue weighted by Crippen LogP contribution is 2.31. The Morgan fingerprint density at radius 2 is 2.19 bits per heavy atom. The van der Waals surface area contributed by atoms with E-state index >= 15 is 0 Å². The number of aryl methyl sites for hydroxylation is 2. The molecule has 1 fully saturated rings. The Labute approximate surface area is 131 Å². The molecule has 114 valence electrons. The zero-order valence-corrected chi connectivity index (χ0v) is 13.5. The van der Waals surface area contributed by atoms with Crippen molar-refractivity contribution < 1.29 is 4.79 Å². The molecule has 0 aliphatic carbocycles. The summed E-state index contributed by atoms with van der Waals surface area (Å²) in [5.41, 5.74) is 3.74. The lowest BCUT2D eigenvalue weighted by Gasteiger charge is -2.31. The van der Waals surface area contributed by atoms with Crippen LogP contribution in [0.5, 0.6) is 0 Å². The Bertz CT molecular complexity index is 512. The fraction of sp³-hybridized carbons (Fsp3) is 0.588. The molecule has 0 atom stereocenters. The number of benzene rings is 1. The van der Waals surface area contributed by atoms with Crippen LogP contribution in [0.4, 0.5) is 5.69 Å². The minimum atomic E-state index is 0.286. The molecular weight excluding hydrogens is 280 g/mol. The van der Waals surface area contributed by atoms with E-state index in [1.54, 1.807) is 0 Å². The summed E-state index contributed by atoms with van der Waals surface area (Å²) in [6, 6.07) is 6.39. The molecule has 2 aliphatic rings. The number of fused-ring (bicyclic) bond motifs is 1. The molecule has 1 aromatic rings. The maximum atomic E-state index is 12.6. The van der Waals surface area contributed by atoms with Crippen molar-refractivity contribution in [1.82, 2.24) is 5.32 Å². The van der Waals surface area contributed by atoms with Crippen molar-refractivity contribution >= 4 is 23.4 Å². The molecule has 1 N–H and O–H groups in total. The first-order chi connectivity index (χ1) is 10.3. The van der Waals surface area contributed by atoms with Gasteiger partial charge in [0.25, 0.3) is 0 Å². The molecule has 0 aromatic heterocycles. The number of para-hydroxylation sites is 1. The predicted molar refractivity (Wildman–Crippen MR) is 90.2 cm³/mol. The van der Waals surface area contributed by atoms with Gasteiger partial charge in [-0.15, -0.1) is 11.8 Å². The van der Waals surface area contributed by atoms with Gasteiger partial charge in [-0.2, -0.15) is 0 Å². The van der Waals surface area contributed by atoms with Gasteiger partial charge in [-0.05, 0) is 56.8 Å². The third-order valence-electron chi connectivity index (χ3n) is 4.45. The van der Waals surface area contributed by atoms with E-state index in [-0.39, 0.29) is 5.91 Å². The lowest BCUT2D eigenvalue weighted by Crippen LogP contribution is -2.38. The maximum Gasteiger partial charge on any atom is 0.237 e. The summed E-state index contributed by atoms with van der Waals surface area (Å²) in [5, 5.41) is 4.03. The van der Waals surface area contributed by atoms with Crippen LogP contribution in [0.25, 0.3) is 0 Å². The highest BCUT2D eigenvalue weighted by molar-refractivity contribution is 8.00. The van der Waals surface area contributed by atoms with Gasteiger partial charge < -0.3 is 10.2 Å². The zero-order valence-electron chi connectivity index (χ0n) is 12.7. The highest BCUT2D eigenvalue weighted by Gasteiger charge is 2.25. The Hall–Kier alpha value is -1.000. The van der Waals surface area contributed by atoms with Crippen molar-refractivity contribution in [3.63, 3.8) is 0 Å². The van der Waals surface area contributed by atoms with Crippen LogP contribution in [0.2, 0.25) is 0 Å². The van der Waals surface area contributed by atoms with Gasteiger partial charge in [0.2, 0.25) is 5.91 Å². The van der Waals surface area contributed by atoms with Gasteiger partial charge in [0.05, 0.1) is 5.75 Å². The number of hydrogen-bond donors (Lipinski definition) is 1. The van der Waals surface area contributed by atoms with Crippen LogP contribution in [0.3, 0.4) is 0 Å². The molecule has 2 heterocycles. The van der Waals surface area contributed by atoms with Crippen molar-refractivity contribution in [2.24, 2.45) is 0 Å². The van der Waals surface area contributed by atoms with Gasteiger partial charge in [-0.1, -0.05) is 18.2 Å². The van der Waals surface area contributed by atoms with E-state index in [0.717, 1.165) is 32.5 Å². The van der Waals surface area contributed by atoms with E-state index < -0.39 is 0 Å². The van der Waals surface area contributed by atoms with E-state index in [1.165, 1.54) is 29.7 Å². The molecule has 0 spiro atoms. The summed E-state index contributed by atoms with van der Waals surface area (Å²) in [6.07, 6.45) is 4.56. The minimum absolute atomic E-state index is 0.286. The van der Waals surface area contributed by atoms with Crippen LogP contribution in [0.15, 0.2) is 18.2 Å². The average molecular weight is 304 g/mol. The lowest BCUT2D eigenvalue weighted by atomic mass is 9.98. The molecule has 2 aliphatic heterocycles. The maximum absolute atomic E-state index is 12.6. The van der Waals surface area contributed by atoms with Crippen molar-refractivity contribution in [2.75, 3.05) is 30.3 Å². The van der Waals surface area contributed by atoms with E-state index in [4.69, 9.17) is 0 Å². The number of piperidine rings is 1. The van der Waals surface area contributed by atoms with Gasteiger partial charge >= 0.3 is 0 Å². The number of rotatable bonds is 3. The second-order valence-corrected chi connectivity index (χ2v) is 7.28. The number of nitrogens with zero attached hydrogens (tertiary/aromatic N) is 1. The third kappa shape index (κ3) is 3.43. The molecule has 0 saturated carbocycles. The summed E-state index contributed by atoms with van der Waals surface area (Å²) in [5.74, 6) is 0.909. The number of hydrogen-bond acceptors (Lipinski definition) is 3. The van der Waals surface area contributed by atoms with E-state index in [9.17, 15) is 4.79 Å². The van der Waals surface area contributed by atoms with Crippen LogP contribution in [-0.2, 0) is 11.2 Å².